The van der Waals surface area contributed by atoms with Crippen LogP contribution in [0.15, 0.2) is 41.1 Å². The van der Waals surface area contributed by atoms with Crippen molar-refractivity contribution in [3.63, 3.8) is 0 Å². The molecule has 1 unspecified atom stereocenters. The van der Waals surface area contributed by atoms with Crippen molar-refractivity contribution in [3.8, 4) is 5.75 Å². The number of hydrogen-bond donors (Lipinski definition) is 1. The summed E-state index contributed by atoms with van der Waals surface area (Å²) in [6, 6.07) is 7.34. The largest absolute Gasteiger partial charge is 0.497 e. The molecule has 20 heavy (non-hydrogen) atoms. The second-order valence-corrected chi connectivity index (χ2v) is 4.55. The summed E-state index contributed by atoms with van der Waals surface area (Å²) in [7, 11) is 4.92. The Bertz CT molecular complexity index is 577. The molecule has 106 valence electrons. The van der Waals surface area contributed by atoms with Gasteiger partial charge in [0.2, 0.25) is 0 Å². The maximum Gasteiger partial charge on any atom is 0.343 e. The van der Waals surface area contributed by atoms with Gasteiger partial charge in [-0.25, -0.2) is 4.79 Å². The smallest absolute Gasteiger partial charge is 0.343 e. The van der Waals surface area contributed by atoms with E-state index in [1.807, 2.05) is 31.3 Å². The molecule has 0 amide bonds. The van der Waals surface area contributed by atoms with E-state index in [-0.39, 0.29) is 16.8 Å². The molecular formula is C14H17N2O4+. The summed E-state index contributed by atoms with van der Waals surface area (Å²) in [5.74, 6) is -0.265. The summed E-state index contributed by atoms with van der Waals surface area (Å²) >= 11 is 0. The molecule has 2 rings (SSSR count). The summed E-state index contributed by atoms with van der Waals surface area (Å²) in [5, 5.41) is 13.7. The number of aliphatic carboxylic acids is 1. The van der Waals surface area contributed by atoms with Crippen LogP contribution in [-0.2, 0) is 9.53 Å². The second-order valence-electron chi connectivity index (χ2n) is 4.55. The van der Waals surface area contributed by atoms with E-state index in [2.05, 4.69) is 5.10 Å². The standard InChI is InChI=1S/C14H16N2O4/c1-16(10-4-6-11(20-3)7-5-10)8-12(14(17)18)13(15-16)9-19-2/h4-8H,9H2,1-3H3/p+1. The summed E-state index contributed by atoms with van der Waals surface area (Å²) in [6.07, 6.45) is 1.60. The van der Waals surface area contributed by atoms with Gasteiger partial charge in [-0.05, 0) is 12.1 Å². The molecule has 1 aliphatic heterocycles. The van der Waals surface area contributed by atoms with Crippen molar-refractivity contribution in [2.45, 2.75) is 0 Å². The van der Waals surface area contributed by atoms with Crippen LogP contribution in [0.3, 0.4) is 0 Å². The van der Waals surface area contributed by atoms with Gasteiger partial charge in [0, 0.05) is 19.2 Å². The van der Waals surface area contributed by atoms with Crippen molar-refractivity contribution >= 4 is 17.4 Å². The van der Waals surface area contributed by atoms with Crippen molar-refractivity contribution in [1.82, 2.24) is 4.59 Å². The van der Waals surface area contributed by atoms with Crippen LogP contribution in [0.5, 0.6) is 5.75 Å². The molecule has 1 aromatic carbocycles. The number of carbonyl (C=O) groups is 1. The predicted octanol–water partition coefficient (Wildman–Crippen LogP) is 1.62. The van der Waals surface area contributed by atoms with E-state index in [4.69, 9.17) is 9.47 Å². The van der Waals surface area contributed by atoms with Gasteiger partial charge in [0.1, 0.15) is 30.3 Å². The number of quaternary nitrogens is 1. The average Bonchev–Trinajstić information content (AvgIpc) is 2.78. The molecule has 0 spiro atoms. The minimum absolute atomic E-state index is 0.0460. The first-order valence-corrected chi connectivity index (χ1v) is 6.05. The van der Waals surface area contributed by atoms with Crippen molar-refractivity contribution in [1.29, 1.82) is 0 Å². The number of carboxylic acid groups (broad SMARTS) is 1. The SMILES string of the molecule is COCC1=N[N+](C)(c2ccc(OC)cc2)C=C1C(=O)O. The topological polar surface area (TPSA) is 68.1 Å². The third kappa shape index (κ3) is 2.56. The maximum absolute atomic E-state index is 11.3. The summed E-state index contributed by atoms with van der Waals surface area (Å²) < 4.78 is 10.2. The number of carboxylic acids is 1. The first-order valence-electron chi connectivity index (χ1n) is 6.05. The maximum atomic E-state index is 11.3. The zero-order valence-electron chi connectivity index (χ0n) is 11.7. The minimum Gasteiger partial charge on any atom is -0.497 e. The lowest BCUT2D eigenvalue weighted by Gasteiger charge is -2.19. The lowest BCUT2D eigenvalue weighted by Crippen LogP contribution is -2.30. The van der Waals surface area contributed by atoms with E-state index in [0.29, 0.717) is 5.71 Å². The number of ether oxygens (including phenoxy) is 2. The molecule has 1 heterocycles. The molecular weight excluding hydrogens is 260 g/mol. The summed E-state index contributed by atoms with van der Waals surface area (Å²) in [5.41, 5.74) is 1.44. The zero-order chi connectivity index (χ0) is 14.8. The van der Waals surface area contributed by atoms with E-state index >= 15 is 0 Å². The van der Waals surface area contributed by atoms with Gasteiger partial charge in [0.15, 0.2) is 5.69 Å². The molecule has 0 bridgehead atoms. The number of benzene rings is 1. The highest BCUT2D eigenvalue weighted by Crippen LogP contribution is 2.30. The van der Waals surface area contributed by atoms with Gasteiger partial charge in [-0.2, -0.15) is 0 Å². The Kier molecular flexibility index (Phi) is 3.87. The third-order valence-corrected chi connectivity index (χ3v) is 3.13. The third-order valence-electron chi connectivity index (χ3n) is 3.13. The molecule has 0 saturated heterocycles. The highest BCUT2D eigenvalue weighted by atomic mass is 16.5. The Morgan fingerprint density at radius 2 is 1.95 bits per heavy atom. The van der Waals surface area contributed by atoms with E-state index < -0.39 is 5.97 Å². The molecule has 0 fully saturated rings. The molecule has 6 heteroatoms. The van der Waals surface area contributed by atoms with Crippen molar-refractivity contribution in [3.05, 3.63) is 36.0 Å². The molecule has 1 atom stereocenters. The first-order chi connectivity index (χ1) is 9.50. The molecule has 0 aliphatic carbocycles. The van der Waals surface area contributed by atoms with Crippen molar-refractivity contribution < 1.29 is 19.4 Å². The van der Waals surface area contributed by atoms with E-state index in [1.165, 1.54) is 7.11 Å². The lowest BCUT2D eigenvalue weighted by atomic mass is 10.2. The van der Waals surface area contributed by atoms with Crippen LogP contribution in [0.25, 0.3) is 0 Å². The van der Waals surface area contributed by atoms with Gasteiger partial charge in [0.05, 0.1) is 13.7 Å². The van der Waals surface area contributed by atoms with Gasteiger partial charge < -0.3 is 14.6 Å². The van der Waals surface area contributed by atoms with Gasteiger partial charge in [-0.15, -0.1) is 4.59 Å². The lowest BCUT2D eigenvalue weighted by molar-refractivity contribution is -0.132. The van der Waals surface area contributed by atoms with Crippen LogP contribution in [0, 0.1) is 0 Å². The normalized spacial score (nSPS) is 21.4. The highest BCUT2D eigenvalue weighted by Gasteiger charge is 2.36. The van der Waals surface area contributed by atoms with Crippen LogP contribution >= 0.6 is 0 Å². The first kappa shape index (κ1) is 14.2. The van der Waals surface area contributed by atoms with Gasteiger partial charge in [0.25, 0.3) is 0 Å². The van der Waals surface area contributed by atoms with E-state index in [9.17, 15) is 9.90 Å². The van der Waals surface area contributed by atoms with Crippen LogP contribution < -0.4 is 9.33 Å². The minimum atomic E-state index is -1.00. The quantitative estimate of drug-likeness (QED) is 0.830. The van der Waals surface area contributed by atoms with Crippen molar-refractivity contribution in [2.75, 3.05) is 27.9 Å². The average molecular weight is 277 g/mol. The molecule has 1 aromatic rings. The number of methoxy groups -OCH3 is 2. The summed E-state index contributed by atoms with van der Waals surface area (Å²) in [6.45, 7) is 0.169. The zero-order valence-corrected chi connectivity index (χ0v) is 11.7. The second kappa shape index (κ2) is 5.44. The van der Waals surface area contributed by atoms with Gasteiger partial charge in [-0.1, -0.05) is 5.10 Å². The number of hydrogen-bond acceptors (Lipinski definition) is 4. The van der Waals surface area contributed by atoms with Gasteiger partial charge in [-0.3, -0.25) is 0 Å². The fourth-order valence-electron chi connectivity index (χ4n) is 2.10. The van der Waals surface area contributed by atoms with E-state index in [1.54, 1.807) is 13.3 Å². The molecule has 0 saturated carbocycles. The van der Waals surface area contributed by atoms with E-state index in [0.717, 1.165) is 11.4 Å². The summed E-state index contributed by atoms with van der Waals surface area (Å²) in [4.78, 5) is 11.3. The molecule has 1 aliphatic rings. The Labute approximate surface area is 117 Å². The van der Waals surface area contributed by atoms with Crippen LogP contribution in [0.2, 0.25) is 0 Å². The Morgan fingerprint density at radius 1 is 1.30 bits per heavy atom. The number of nitrogens with zero attached hydrogens (tertiary/aromatic N) is 2. The predicted molar refractivity (Wildman–Crippen MR) is 75.7 cm³/mol. The fourth-order valence-corrected chi connectivity index (χ4v) is 2.10. The van der Waals surface area contributed by atoms with Crippen LogP contribution in [-0.4, -0.2) is 44.7 Å². The Hall–Kier alpha value is -2.18. The fraction of sp³-hybridized carbons (Fsp3) is 0.286. The molecule has 0 aromatic heterocycles. The highest BCUT2D eigenvalue weighted by molar-refractivity contribution is 6.21. The molecule has 6 nitrogen and oxygen atoms in total. The Balaban J connectivity index is 2.41. The number of rotatable bonds is 5. The molecule has 0 radical (unpaired) electrons. The van der Waals surface area contributed by atoms with Gasteiger partial charge >= 0.3 is 5.97 Å². The van der Waals surface area contributed by atoms with Crippen LogP contribution in [0.4, 0.5) is 5.69 Å². The monoisotopic (exact) mass is 277 g/mol. The Morgan fingerprint density at radius 3 is 2.45 bits per heavy atom. The van der Waals surface area contributed by atoms with Crippen molar-refractivity contribution in [2.24, 2.45) is 5.10 Å². The van der Waals surface area contributed by atoms with Crippen LogP contribution in [0.1, 0.15) is 0 Å². The molecule has 1 N–H and O–H groups in total.